The minimum atomic E-state index is -4.50. The van der Waals surface area contributed by atoms with Gasteiger partial charge in [-0.15, -0.1) is 11.3 Å². The molecule has 9 rings (SSSR count). The van der Waals surface area contributed by atoms with Crippen LogP contribution in [-0.4, -0.2) is 105 Å². The van der Waals surface area contributed by atoms with Gasteiger partial charge >= 0.3 is 12.1 Å². The Morgan fingerprint density at radius 3 is 2.40 bits per heavy atom. The van der Waals surface area contributed by atoms with Crippen molar-refractivity contribution in [1.29, 1.82) is 0 Å². The van der Waals surface area contributed by atoms with Crippen molar-refractivity contribution in [1.82, 2.24) is 29.3 Å². The fourth-order valence-corrected chi connectivity index (χ4v) is 9.33. The quantitative estimate of drug-likeness (QED) is 0.147. The summed E-state index contributed by atoms with van der Waals surface area (Å²) in [5.41, 5.74) is 3.31. The van der Waals surface area contributed by atoms with E-state index in [4.69, 9.17) is 42.1 Å². The predicted molar refractivity (Wildman–Crippen MR) is 226 cm³/mol. The highest BCUT2D eigenvalue weighted by atomic mass is 35.5. The molecule has 0 aliphatic carbocycles. The van der Waals surface area contributed by atoms with Crippen LogP contribution < -0.4 is 18.9 Å². The zero-order valence-electron chi connectivity index (χ0n) is 33.6. The summed E-state index contributed by atoms with van der Waals surface area (Å²) in [6, 6.07) is 10.7. The van der Waals surface area contributed by atoms with E-state index in [2.05, 4.69) is 31.8 Å². The van der Waals surface area contributed by atoms with Crippen LogP contribution in [0.2, 0.25) is 10.0 Å². The molecule has 19 heteroatoms. The number of hydrogen-bond acceptors (Lipinski definition) is 11. The van der Waals surface area contributed by atoms with Crippen LogP contribution in [0.4, 0.5) is 17.6 Å². The molecule has 0 saturated carbocycles. The van der Waals surface area contributed by atoms with Gasteiger partial charge in [0.05, 0.1) is 15.4 Å². The standard InChI is InChI=1S/C43H40Cl2F4N6O6S/c1-23-33-24(2)37(45)38(36(23)44)60-29(18-54-14-12-53(3)13-15-54)19-58-28-8-9-30(59-20-32-50-10-11-55(32)21-43(47,48)49)26(16-28)17-31(42(56)57)61-40-35-34(33)39(62-41(35)52-22-51-40)25-4-6-27(46)7-5-25/h4-11,16,22,29,31H,12-15,17-21H2,1-3H3,(H,56,57)/t29-,31-/m1/s1. The Labute approximate surface area is 367 Å². The molecule has 1 fully saturated rings. The molecule has 326 valence electrons. The molecule has 0 radical (unpaired) electrons. The number of rotatable bonds is 8. The van der Waals surface area contributed by atoms with Crippen molar-refractivity contribution >= 4 is 50.7 Å². The van der Waals surface area contributed by atoms with Gasteiger partial charge in [0.1, 0.15) is 60.2 Å². The summed E-state index contributed by atoms with van der Waals surface area (Å²) < 4.78 is 80.8. The average molecular weight is 916 g/mol. The largest absolute Gasteiger partial charge is 0.490 e. The Kier molecular flexibility index (Phi) is 12.5. The van der Waals surface area contributed by atoms with E-state index in [-0.39, 0.29) is 52.9 Å². The summed E-state index contributed by atoms with van der Waals surface area (Å²) in [4.78, 5) is 31.8. The zero-order valence-corrected chi connectivity index (χ0v) is 36.0. The van der Waals surface area contributed by atoms with Crippen LogP contribution in [-0.2, 0) is 24.4 Å². The van der Waals surface area contributed by atoms with E-state index < -0.39 is 36.7 Å². The molecule has 3 aliphatic heterocycles. The van der Waals surface area contributed by atoms with E-state index in [0.717, 1.165) is 30.7 Å². The van der Waals surface area contributed by atoms with Crippen molar-refractivity contribution in [3.63, 3.8) is 0 Å². The number of likely N-dealkylation sites (N-methyl/N-ethyl adjacent to an activating group) is 1. The van der Waals surface area contributed by atoms with Crippen LogP contribution in [0.3, 0.4) is 0 Å². The number of piperazine rings is 1. The molecule has 1 saturated heterocycles. The van der Waals surface area contributed by atoms with E-state index >= 15 is 0 Å². The minimum absolute atomic E-state index is 0.00846. The number of nitrogens with zero attached hydrogens (tertiary/aromatic N) is 6. The molecule has 0 unspecified atom stereocenters. The van der Waals surface area contributed by atoms with Gasteiger partial charge in [0.25, 0.3) is 0 Å². The molecule has 0 spiro atoms. The lowest BCUT2D eigenvalue weighted by Gasteiger charge is -2.35. The number of aromatic nitrogens is 4. The number of imidazole rings is 1. The molecular weight excluding hydrogens is 875 g/mol. The molecule has 1 N–H and O–H groups in total. The number of carboxylic acid groups (broad SMARTS) is 1. The van der Waals surface area contributed by atoms with Crippen molar-refractivity contribution in [2.45, 2.75) is 51.8 Å². The van der Waals surface area contributed by atoms with Gasteiger partial charge in [0, 0.05) is 67.5 Å². The number of carboxylic acids is 1. The fourth-order valence-electron chi connectivity index (χ4n) is 7.67. The first-order valence-electron chi connectivity index (χ1n) is 19.6. The van der Waals surface area contributed by atoms with Crippen molar-refractivity contribution in [2.75, 3.05) is 46.4 Å². The zero-order chi connectivity index (χ0) is 43.9. The first-order valence-corrected chi connectivity index (χ1v) is 21.1. The second-order valence-electron chi connectivity index (χ2n) is 15.2. The first-order chi connectivity index (χ1) is 29.6. The van der Waals surface area contributed by atoms with Crippen LogP contribution >= 0.6 is 34.5 Å². The second kappa shape index (κ2) is 17.9. The number of fused-ring (bicyclic) bond motifs is 7. The Balaban J connectivity index is 1.28. The molecule has 6 aromatic rings. The van der Waals surface area contributed by atoms with Crippen LogP contribution in [0.15, 0.2) is 61.2 Å². The SMILES string of the molecule is Cc1c(Cl)c2c(Cl)c(C)c1-c1c(-c3ccc(F)cc3)sc3ncnc(c13)O[C@@H](C(=O)O)Cc1cc(ccc1OCc1nccn1CC(F)(F)F)OC[C@@H](CN1CCN(C)CC1)O2. The number of ether oxygens (including phenoxy) is 4. The van der Waals surface area contributed by atoms with Crippen LogP contribution in [0.1, 0.15) is 22.5 Å². The van der Waals surface area contributed by atoms with Gasteiger partial charge in [-0.25, -0.2) is 24.1 Å². The number of hydrogen-bond donors (Lipinski definition) is 1. The summed E-state index contributed by atoms with van der Waals surface area (Å²) in [5, 5.41) is 11.6. The van der Waals surface area contributed by atoms with E-state index in [1.807, 2.05) is 13.8 Å². The minimum Gasteiger partial charge on any atom is -0.490 e. The number of aliphatic carboxylic acids is 1. The van der Waals surface area contributed by atoms with Crippen molar-refractivity contribution in [2.24, 2.45) is 0 Å². The van der Waals surface area contributed by atoms with E-state index in [1.54, 1.807) is 30.3 Å². The van der Waals surface area contributed by atoms with Crippen molar-refractivity contribution in [3.8, 4) is 44.7 Å². The Hall–Kier alpha value is -5.20. The maximum Gasteiger partial charge on any atom is 0.406 e. The topological polar surface area (TPSA) is 124 Å². The molecule has 3 aromatic carbocycles. The van der Waals surface area contributed by atoms with Gasteiger partial charge in [-0.05, 0) is 73.5 Å². The highest BCUT2D eigenvalue weighted by Gasteiger charge is 2.33. The molecule has 2 atom stereocenters. The molecule has 0 amide bonds. The number of benzene rings is 3. The number of thiophene rings is 1. The molecule has 12 nitrogen and oxygen atoms in total. The maximum absolute atomic E-state index is 14.3. The van der Waals surface area contributed by atoms with Crippen LogP contribution in [0, 0.1) is 19.7 Å². The third-order valence-corrected chi connectivity index (χ3v) is 12.9. The monoisotopic (exact) mass is 914 g/mol. The third kappa shape index (κ3) is 9.27. The first kappa shape index (κ1) is 43.4. The summed E-state index contributed by atoms with van der Waals surface area (Å²) in [5.74, 6) is -1.07. The average Bonchev–Trinajstić information content (AvgIpc) is 3.84. The highest BCUT2D eigenvalue weighted by Crippen LogP contribution is 2.53. The molecule has 3 aliphatic rings. The van der Waals surface area contributed by atoms with Gasteiger partial charge < -0.3 is 33.5 Å². The number of carbonyl (C=O) groups is 1. The summed E-state index contributed by atoms with van der Waals surface area (Å²) in [6.45, 7) is 5.79. The predicted octanol–water partition coefficient (Wildman–Crippen LogP) is 8.89. The van der Waals surface area contributed by atoms with Gasteiger partial charge in [-0.2, -0.15) is 13.2 Å². The summed E-state index contributed by atoms with van der Waals surface area (Å²) in [7, 11) is 2.06. The Morgan fingerprint density at radius 1 is 0.984 bits per heavy atom. The normalized spacial score (nSPS) is 17.6. The van der Waals surface area contributed by atoms with Crippen LogP contribution in [0.5, 0.6) is 23.1 Å². The molecule has 6 heterocycles. The number of halogens is 6. The van der Waals surface area contributed by atoms with Crippen LogP contribution in [0.25, 0.3) is 31.8 Å². The van der Waals surface area contributed by atoms with E-state index in [9.17, 15) is 27.5 Å². The van der Waals surface area contributed by atoms with E-state index in [1.165, 1.54) is 42.2 Å². The lowest BCUT2D eigenvalue weighted by Crippen LogP contribution is -2.49. The lowest BCUT2D eigenvalue weighted by atomic mass is 9.92. The molecule has 62 heavy (non-hydrogen) atoms. The molecule has 3 aromatic heterocycles. The van der Waals surface area contributed by atoms with E-state index in [0.29, 0.717) is 60.8 Å². The Bertz CT molecular complexity index is 2590. The molecular formula is C43H40Cl2F4N6O6S. The maximum atomic E-state index is 14.3. The smallest absolute Gasteiger partial charge is 0.406 e. The fraction of sp³-hybridized carbons (Fsp3) is 0.349. The summed E-state index contributed by atoms with van der Waals surface area (Å²) >= 11 is 15.8. The molecule has 4 bridgehead atoms. The highest BCUT2D eigenvalue weighted by molar-refractivity contribution is 7.22. The second-order valence-corrected chi connectivity index (χ2v) is 17.0. The summed E-state index contributed by atoms with van der Waals surface area (Å²) in [6.07, 6.45) is -3.27. The van der Waals surface area contributed by atoms with Gasteiger partial charge in [0.15, 0.2) is 5.75 Å². The van der Waals surface area contributed by atoms with Crippen molar-refractivity contribution in [3.05, 3.63) is 99.6 Å². The van der Waals surface area contributed by atoms with Crippen molar-refractivity contribution < 1.29 is 46.4 Å². The Morgan fingerprint density at radius 2 is 1.71 bits per heavy atom. The van der Waals surface area contributed by atoms with Gasteiger partial charge in [0.2, 0.25) is 12.0 Å². The van der Waals surface area contributed by atoms with Gasteiger partial charge in [-0.1, -0.05) is 35.3 Å². The van der Waals surface area contributed by atoms with Gasteiger partial charge in [-0.3, -0.25) is 4.90 Å². The third-order valence-electron chi connectivity index (χ3n) is 10.9. The lowest BCUT2D eigenvalue weighted by molar-refractivity contribution is -0.145. The number of alkyl halides is 3.